The minimum absolute atomic E-state index is 0.992. The lowest BCUT2D eigenvalue weighted by Gasteiger charge is -2.12. The molecule has 0 aromatic carbocycles. The van der Waals surface area contributed by atoms with Crippen molar-refractivity contribution in [2.75, 3.05) is 0 Å². The van der Waals surface area contributed by atoms with Gasteiger partial charge in [0.1, 0.15) is 0 Å². The zero-order valence-electron chi connectivity index (χ0n) is 6.58. The number of rotatable bonds is 4. The quantitative estimate of drug-likeness (QED) is 0.474. The molecule has 0 aromatic rings. The molecular formula is C7H14Cl2Si. The molecule has 0 aliphatic heterocycles. The molecule has 0 aliphatic carbocycles. The highest BCUT2D eigenvalue weighted by molar-refractivity contribution is 7.47. The predicted octanol–water partition coefficient (Wildman–Crippen LogP) is 3.82. The predicted molar refractivity (Wildman–Crippen MR) is 52.0 cm³/mol. The van der Waals surface area contributed by atoms with E-state index in [4.69, 9.17) is 22.2 Å². The molecule has 0 saturated heterocycles. The van der Waals surface area contributed by atoms with Crippen molar-refractivity contribution >= 4 is 28.9 Å². The van der Waals surface area contributed by atoms with Gasteiger partial charge < -0.3 is 0 Å². The molecule has 0 saturated carbocycles. The maximum Gasteiger partial charge on any atom is 0.273 e. The normalized spacial score (nSPS) is 11.6. The van der Waals surface area contributed by atoms with Crippen LogP contribution in [0, 0.1) is 0 Å². The number of hydrogen-bond donors (Lipinski definition) is 0. The van der Waals surface area contributed by atoms with Crippen LogP contribution in [-0.2, 0) is 0 Å². The molecule has 60 valence electrons. The number of halogens is 2. The molecule has 0 aromatic heterocycles. The molecule has 0 atom stereocenters. The highest BCUT2D eigenvalue weighted by atomic mass is 35.7. The van der Waals surface area contributed by atoms with Gasteiger partial charge in [-0.1, -0.05) is 25.0 Å². The summed E-state index contributed by atoms with van der Waals surface area (Å²) in [5.74, 6) is 0. The Hall–Kier alpha value is 0.537. The molecule has 0 aliphatic rings. The largest absolute Gasteiger partial charge is 0.273 e. The van der Waals surface area contributed by atoms with E-state index in [1.165, 1.54) is 6.42 Å². The summed E-state index contributed by atoms with van der Waals surface area (Å²) in [6.07, 6.45) is 3.32. The lowest BCUT2D eigenvalue weighted by Crippen LogP contribution is -2.16. The van der Waals surface area contributed by atoms with Crippen LogP contribution in [0.5, 0.6) is 0 Å². The van der Waals surface area contributed by atoms with E-state index in [1.807, 2.05) is 6.55 Å². The van der Waals surface area contributed by atoms with Crippen molar-refractivity contribution in [3.8, 4) is 0 Å². The molecule has 0 N–H and O–H groups in total. The second-order valence-electron chi connectivity index (χ2n) is 2.60. The topological polar surface area (TPSA) is 0 Å². The van der Waals surface area contributed by atoms with E-state index in [0.29, 0.717) is 0 Å². The Morgan fingerprint density at radius 3 is 2.30 bits per heavy atom. The van der Waals surface area contributed by atoms with Gasteiger partial charge >= 0.3 is 0 Å². The molecule has 0 unspecified atom stereocenters. The van der Waals surface area contributed by atoms with Gasteiger partial charge in [-0.05, 0) is 13.0 Å². The lowest BCUT2D eigenvalue weighted by molar-refractivity contribution is 0.806. The summed E-state index contributed by atoms with van der Waals surface area (Å²) < 4.78 is 0. The monoisotopic (exact) mass is 196 g/mol. The molecule has 3 heteroatoms. The van der Waals surface area contributed by atoms with Crippen LogP contribution < -0.4 is 0 Å². The Kier molecular flexibility index (Phi) is 4.66. The lowest BCUT2D eigenvalue weighted by atomic mass is 10.2. The van der Waals surface area contributed by atoms with Gasteiger partial charge in [-0.25, -0.2) is 0 Å². The first-order valence-corrected chi connectivity index (χ1v) is 8.07. The van der Waals surface area contributed by atoms with Crippen molar-refractivity contribution in [3.63, 3.8) is 0 Å². The Balaban J connectivity index is 3.64. The summed E-state index contributed by atoms with van der Waals surface area (Å²) in [6, 6.07) is 0. The third-order valence-electron chi connectivity index (χ3n) is 1.45. The number of hydrogen-bond acceptors (Lipinski definition) is 0. The summed E-state index contributed by atoms with van der Waals surface area (Å²) in [5.41, 5.74) is 0. The van der Waals surface area contributed by atoms with Crippen LogP contribution in [-0.4, -0.2) is 6.69 Å². The Morgan fingerprint density at radius 2 is 2.00 bits per heavy atom. The van der Waals surface area contributed by atoms with Gasteiger partial charge in [0.15, 0.2) is 0 Å². The summed E-state index contributed by atoms with van der Waals surface area (Å²) in [4.78, 5) is 0. The molecule has 0 heterocycles. The fourth-order valence-electron chi connectivity index (χ4n) is 0.610. The first-order chi connectivity index (χ1) is 4.48. The van der Waals surface area contributed by atoms with Crippen LogP contribution >= 0.6 is 22.2 Å². The smallest absolute Gasteiger partial charge is 0.140 e. The maximum atomic E-state index is 5.92. The molecule has 0 spiro atoms. The average Bonchev–Trinajstić information content (AvgIpc) is 1.80. The summed E-state index contributed by atoms with van der Waals surface area (Å²) in [6.45, 7) is 5.86. The molecular weight excluding hydrogens is 183 g/mol. The van der Waals surface area contributed by atoms with Gasteiger partial charge in [0.05, 0.1) is 0 Å². The standard InChI is InChI=1S/C7H14Cl2Si/c1-4-5-6-7(2)10(3,8)9/h2,4-6H2,1,3H3. The molecule has 0 amide bonds. The van der Waals surface area contributed by atoms with Gasteiger partial charge in [0.25, 0.3) is 6.69 Å². The first kappa shape index (κ1) is 10.5. The Labute approximate surface area is 73.6 Å². The van der Waals surface area contributed by atoms with Gasteiger partial charge in [0, 0.05) is 0 Å². The zero-order chi connectivity index (χ0) is 8.20. The SMILES string of the molecule is C=C(CCCC)[Si](C)(Cl)Cl. The van der Waals surface area contributed by atoms with E-state index in [-0.39, 0.29) is 0 Å². The first-order valence-electron chi connectivity index (χ1n) is 3.54. The number of allylic oxidation sites excluding steroid dienone is 1. The van der Waals surface area contributed by atoms with Gasteiger partial charge in [0.2, 0.25) is 0 Å². The van der Waals surface area contributed by atoms with E-state index >= 15 is 0 Å². The molecule has 0 bridgehead atoms. The fraction of sp³-hybridized carbons (Fsp3) is 0.714. The molecule has 0 radical (unpaired) electrons. The molecule has 0 nitrogen and oxygen atoms in total. The van der Waals surface area contributed by atoms with Gasteiger partial charge in [-0.3, -0.25) is 0 Å². The van der Waals surface area contributed by atoms with E-state index in [2.05, 4.69) is 13.5 Å². The molecule has 0 rings (SSSR count). The van der Waals surface area contributed by atoms with Crippen LogP contribution in [0.4, 0.5) is 0 Å². The minimum Gasteiger partial charge on any atom is -0.140 e. The third-order valence-corrected chi connectivity index (χ3v) is 4.55. The zero-order valence-corrected chi connectivity index (χ0v) is 9.10. The Bertz CT molecular complexity index is 115. The summed E-state index contributed by atoms with van der Waals surface area (Å²) >= 11 is 11.8. The van der Waals surface area contributed by atoms with Crippen molar-refractivity contribution in [1.29, 1.82) is 0 Å². The van der Waals surface area contributed by atoms with E-state index in [1.54, 1.807) is 0 Å². The highest BCUT2D eigenvalue weighted by Gasteiger charge is 2.23. The maximum absolute atomic E-state index is 5.92. The average molecular weight is 197 g/mol. The van der Waals surface area contributed by atoms with Crippen LogP contribution in [0.2, 0.25) is 6.55 Å². The third kappa shape index (κ3) is 4.37. The van der Waals surface area contributed by atoms with Crippen molar-refractivity contribution in [3.05, 3.63) is 11.8 Å². The molecule has 10 heavy (non-hydrogen) atoms. The number of unbranched alkanes of at least 4 members (excludes halogenated alkanes) is 1. The summed E-state index contributed by atoms with van der Waals surface area (Å²) in [7, 11) is 0. The second kappa shape index (κ2) is 4.42. The fourth-order valence-corrected chi connectivity index (χ4v) is 1.79. The van der Waals surface area contributed by atoms with Crippen molar-refractivity contribution in [1.82, 2.24) is 0 Å². The van der Waals surface area contributed by atoms with Crippen molar-refractivity contribution in [2.24, 2.45) is 0 Å². The van der Waals surface area contributed by atoms with Crippen LogP contribution in [0.15, 0.2) is 11.8 Å². The van der Waals surface area contributed by atoms with E-state index in [9.17, 15) is 0 Å². The van der Waals surface area contributed by atoms with Crippen LogP contribution in [0.3, 0.4) is 0 Å². The van der Waals surface area contributed by atoms with Gasteiger partial charge in [-0.15, -0.1) is 28.7 Å². The molecule has 0 fully saturated rings. The Morgan fingerprint density at radius 1 is 1.50 bits per heavy atom. The second-order valence-corrected chi connectivity index (χ2v) is 10.2. The van der Waals surface area contributed by atoms with Gasteiger partial charge in [-0.2, -0.15) is 0 Å². The minimum atomic E-state index is -2.05. The van der Waals surface area contributed by atoms with Crippen molar-refractivity contribution < 1.29 is 0 Å². The highest BCUT2D eigenvalue weighted by Crippen LogP contribution is 2.26. The van der Waals surface area contributed by atoms with E-state index in [0.717, 1.165) is 18.0 Å². The summed E-state index contributed by atoms with van der Waals surface area (Å²) in [5, 5.41) is 1.05. The van der Waals surface area contributed by atoms with Crippen molar-refractivity contribution in [2.45, 2.75) is 32.7 Å². The van der Waals surface area contributed by atoms with Crippen LogP contribution in [0.1, 0.15) is 26.2 Å². The van der Waals surface area contributed by atoms with E-state index < -0.39 is 6.69 Å². The van der Waals surface area contributed by atoms with Crippen LogP contribution in [0.25, 0.3) is 0 Å².